The third-order valence-corrected chi connectivity index (χ3v) is 4.91. The smallest absolute Gasteiger partial charge is 0.341 e. The number of carbonyl (C=O) groups excluding carboxylic acids is 1. The number of anilines is 2. The predicted octanol–water partition coefficient (Wildman–Crippen LogP) is 3.54. The molecule has 0 aliphatic heterocycles. The number of hydrogen-bond donors (Lipinski definition) is 3. The van der Waals surface area contributed by atoms with Crippen molar-refractivity contribution in [2.24, 2.45) is 0 Å². The Morgan fingerprint density at radius 1 is 1.06 bits per heavy atom. The second kappa shape index (κ2) is 10.8. The Kier molecular flexibility index (Phi) is 7.21. The number of imidazole rings is 1. The molecule has 0 radical (unpaired) electrons. The highest BCUT2D eigenvalue weighted by atomic mass is 16.6. The monoisotopic (exact) mass is 474 g/mol. The van der Waals surface area contributed by atoms with Crippen LogP contribution in [0, 0.1) is 10.1 Å². The van der Waals surface area contributed by atoms with E-state index in [4.69, 9.17) is 4.74 Å². The van der Waals surface area contributed by atoms with Crippen molar-refractivity contribution >= 4 is 23.4 Å². The maximum atomic E-state index is 12.6. The summed E-state index contributed by atoms with van der Waals surface area (Å²) in [5.41, 5.74) is 2.81. The standard InChI is InChI=1S/C23H22N8O4/c1-2-35-22(32)18-12-28-23(26-10-9-25-20-8-7-15(11-27-20)31(33)34)30-21(18)17-6-4-3-5-16(17)19-13-24-14-29-19/h3-8,11-14H,2,9-10H2,1H3,(H,24,29)(H,25,27)(H,26,28,30). The van der Waals surface area contributed by atoms with Crippen molar-refractivity contribution in [3.8, 4) is 22.5 Å². The highest BCUT2D eigenvalue weighted by Gasteiger charge is 2.20. The van der Waals surface area contributed by atoms with E-state index in [1.807, 2.05) is 24.3 Å². The first-order valence-electron chi connectivity index (χ1n) is 10.8. The van der Waals surface area contributed by atoms with Crippen LogP contribution in [0.2, 0.25) is 0 Å². The summed E-state index contributed by atoms with van der Waals surface area (Å²) >= 11 is 0. The lowest BCUT2D eigenvalue weighted by molar-refractivity contribution is -0.385. The third kappa shape index (κ3) is 5.55. The lowest BCUT2D eigenvalue weighted by atomic mass is 9.99. The zero-order chi connectivity index (χ0) is 24.6. The summed E-state index contributed by atoms with van der Waals surface area (Å²) in [5.74, 6) is 0.310. The number of aromatic amines is 1. The van der Waals surface area contributed by atoms with E-state index in [0.717, 1.165) is 5.56 Å². The summed E-state index contributed by atoms with van der Waals surface area (Å²) in [4.78, 5) is 43.0. The fourth-order valence-corrected chi connectivity index (χ4v) is 3.31. The maximum Gasteiger partial charge on any atom is 0.341 e. The molecule has 4 rings (SSSR count). The molecule has 0 unspecified atom stereocenters. The molecule has 0 aliphatic rings. The average Bonchev–Trinajstić information content (AvgIpc) is 3.42. The molecular formula is C23H22N8O4. The van der Waals surface area contributed by atoms with Gasteiger partial charge in [-0.2, -0.15) is 0 Å². The van der Waals surface area contributed by atoms with Gasteiger partial charge in [0.05, 0.1) is 29.2 Å². The molecule has 0 spiro atoms. The van der Waals surface area contributed by atoms with Gasteiger partial charge < -0.3 is 20.4 Å². The highest BCUT2D eigenvalue weighted by Crippen LogP contribution is 2.32. The summed E-state index contributed by atoms with van der Waals surface area (Å²) < 4.78 is 5.21. The fourth-order valence-electron chi connectivity index (χ4n) is 3.31. The van der Waals surface area contributed by atoms with Crippen molar-refractivity contribution in [1.29, 1.82) is 0 Å². The molecule has 0 atom stereocenters. The quantitative estimate of drug-likeness (QED) is 0.134. The van der Waals surface area contributed by atoms with Gasteiger partial charge >= 0.3 is 5.97 Å². The summed E-state index contributed by atoms with van der Waals surface area (Å²) in [6.45, 7) is 2.84. The van der Waals surface area contributed by atoms with Crippen LogP contribution >= 0.6 is 0 Å². The Bertz CT molecular complexity index is 1310. The second-order valence-electron chi connectivity index (χ2n) is 7.19. The Labute approximate surface area is 200 Å². The van der Waals surface area contributed by atoms with E-state index in [0.29, 0.717) is 41.8 Å². The number of esters is 1. The first-order chi connectivity index (χ1) is 17.1. The first-order valence-corrected chi connectivity index (χ1v) is 10.8. The number of hydrogen-bond acceptors (Lipinski definition) is 10. The van der Waals surface area contributed by atoms with Crippen LogP contribution in [-0.4, -0.2) is 55.5 Å². The van der Waals surface area contributed by atoms with Gasteiger partial charge in [0.1, 0.15) is 17.6 Å². The summed E-state index contributed by atoms with van der Waals surface area (Å²) in [6.07, 6.45) is 5.98. The summed E-state index contributed by atoms with van der Waals surface area (Å²) in [6, 6.07) is 10.4. The van der Waals surface area contributed by atoms with Gasteiger partial charge in [-0.3, -0.25) is 10.1 Å². The van der Waals surface area contributed by atoms with Gasteiger partial charge in [0.15, 0.2) is 0 Å². The molecule has 3 aromatic heterocycles. The Morgan fingerprint density at radius 3 is 2.54 bits per heavy atom. The zero-order valence-corrected chi connectivity index (χ0v) is 18.8. The Hall–Kier alpha value is -4.87. The Morgan fingerprint density at radius 2 is 1.86 bits per heavy atom. The van der Waals surface area contributed by atoms with Crippen molar-refractivity contribution in [2.75, 3.05) is 30.3 Å². The van der Waals surface area contributed by atoms with Crippen LogP contribution in [0.25, 0.3) is 22.5 Å². The van der Waals surface area contributed by atoms with Gasteiger partial charge in [-0.05, 0) is 13.0 Å². The van der Waals surface area contributed by atoms with E-state index in [2.05, 4.69) is 35.6 Å². The number of nitro groups is 1. The van der Waals surface area contributed by atoms with E-state index in [1.165, 1.54) is 24.5 Å². The molecule has 3 N–H and O–H groups in total. The zero-order valence-electron chi connectivity index (χ0n) is 18.8. The van der Waals surface area contributed by atoms with Gasteiger partial charge in [0, 0.05) is 42.7 Å². The van der Waals surface area contributed by atoms with Crippen LogP contribution < -0.4 is 10.6 Å². The second-order valence-corrected chi connectivity index (χ2v) is 7.19. The van der Waals surface area contributed by atoms with E-state index in [1.54, 1.807) is 19.4 Å². The topological polar surface area (TPSA) is 161 Å². The van der Waals surface area contributed by atoms with Crippen LogP contribution in [0.15, 0.2) is 61.3 Å². The van der Waals surface area contributed by atoms with Crippen LogP contribution in [0.1, 0.15) is 17.3 Å². The number of aromatic nitrogens is 5. The van der Waals surface area contributed by atoms with Crippen molar-refractivity contribution in [3.63, 3.8) is 0 Å². The van der Waals surface area contributed by atoms with Crippen LogP contribution in [-0.2, 0) is 4.74 Å². The molecule has 0 saturated heterocycles. The molecule has 0 saturated carbocycles. The Balaban J connectivity index is 1.54. The molecule has 35 heavy (non-hydrogen) atoms. The lowest BCUT2D eigenvalue weighted by Gasteiger charge is -2.13. The average molecular weight is 474 g/mol. The molecule has 0 aliphatic carbocycles. The molecule has 0 bridgehead atoms. The number of rotatable bonds is 10. The van der Waals surface area contributed by atoms with Gasteiger partial charge in [-0.15, -0.1) is 0 Å². The van der Waals surface area contributed by atoms with Gasteiger partial charge in [0.25, 0.3) is 5.69 Å². The van der Waals surface area contributed by atoms with Crippen molar-refractivity contribution < 1.29 is 14.5 Å². The third-order valence-electron chi connectivity index (χ3n) is 4.91. The molecule has 0 fully saturated rings. The van der Waals surface area contributed by atoms with Crippen molar-refractivity contribution in [1.82, 2.24) is 24.9 Å². The summed E-state index contributed by atoms with van der Waals surface area (Å²) in [5, 5.41) is 16.9. The molecule has 1 aromatic carbocycles. The maximum absolute atomic E-state index is 12.6. The molecule has 12 heteroatoms. The molecule has 4 aromatic rings. The molecule has 178 valence electrons. The van der Waals surface area contributed by atoms with Crippen molar-refractivity contribution in [3.05, 3.63) is 77.0 Å². The van der Waals surface area contributed by atoms with E-state index < -0.39 is 10.9 Å². The number of H-pyrrole nitrogens is 1. The number of nitrogens with zero attached hydrogens (tertiary/aromatic N) is 5. The minimum atomic E-state index is -0.517. The SMILES string of the molecule is CCOC(=O)c1cnc(NCCNc2ccc([N+](=O)[O-])cn2)nc1-c1ccccc1-c1c[nH]cn1. The van der Waals surface area contributed by atoms with Gasteiger partial charge in [-0.1, -0.05) is 24.3 Å². The number of benzene rings is 1. The van der Waals surface area contributed by atoms with E-state index >= 15 is 0 Å². The van der Waals surface area contributed by atoms with Gasteiger partial charge in [0.2, 0.25) is 5.95 Å². The largest absolute Gasteiger partial charge is 0.462 e. The van der Waals surface area contributed by atoms with Crippen LogP contribution in [0.5, 0.6) is 0 Å². The molecular weight excluding hydrogens is 452 g/mol. The van der Waals surface area contributed by atoms with Crippen LogP contribution in [0.4, 0.5) is 17.5 Å². The highest BCUT2D eigenvalue weighted by molar-refractivity contribution is 5.98. The number of pyridine rings is 1. The normalized spacial score (nSPS) is 10.5. The minimum Gasteiger partial charge on any atom is -0.462 e. The van der Waals surface area contributed by atoms with Gasteiger partial charge in [-0.25, -0.2) is 24.7 Å². The first kappa shape index (κ1) is 23.3. The predicted molar refractivity (Wildman–Crippen MR) is 129 cm³/mol. The van der Waals surface area contributed by atoms with E-state index in [-0.39, 0.29) is 17.9 Å². The number of carbonyl (C=O) groups is 1. The molecule has 0 amide bonds. The molecule has 3 heterocycles. The minimum absolute atomic E-state index is 0.0774. The van der Waals surface area contributed by atoms with Crippen molar-refractivity contribution in [2.45, 2.75) is 6.92 Å². The van der Waals surface area contributed by atoms with E-state index in [9.17, 15) is 14.9 Å². The number of ether oxygens (including phenoxy) is 1. The lowest BCUT2D eigenvalue weighted by Crippen LogP contribution is -2.17. The number of nitrogens with one attached hydrogen (secondary N) is 3. The fraction of sp³-hybridized carbons (Fsp3) is 0.174. The summed E-state index contributed by atoms with van der Waals surface area (Å²) in [7, 11) is 0. The molecule has 12 nitrogen and oxygen atoms in total. The van der Waals surface area contributed by atoms with Crippen LogP contribution in [0.3, 0.4) is 0 Å².